The predicted molar refractivity (Wildman–Crippen MR) is 70.1 cm³/mol. The zero-order chi connectivity index (χ0) is 11.4. The molecule has 0 saturated carbocycles. The Morgan fingerprint density at radius 1 is 1.31 bits per heavy atom. The van der Waals surface area contributed by atoms with Crippen LogP contribution in [0.25, 0.3) is 0 Å². The van der Waals surface area contributed by atoms with Crippen LogP contribution in [0.1, 0.15) is 5.56 Å². The molecule has 16 heavy (non-hydrogen) atoms. The summed E-state index contributed by atoms with van der Waals surface area (Å²) in [5, 5.41) is 8.18. The van der Waals surface area contributed by atoms with E-state index in [0.717, 1.165) is 19.1 Å². The summed E-state index contributed by atoms with van der Waals surface area (Å²) in [4.78, 5) is 1.16. The van der Waals surface area contributed by atoms with Gasteiger partial charge in [0, 0.05) is 11.4 Å². The van der Waals surface area contributed by atoms with E-state index in [1.807, 2.05) is 18.4 Å². The molecule has 0 atom stereocenters. The molecular formula is C10H11N3S3. The van der Waals surface area contributed by atoms with E-state index in [4.69, 9.17) is 5.73 Å². The zero-order valence-corrected chi connectivity index (χ0v) is 11.2. The Bertz CT molecular complexity index is 470. The summed E-state index contributed by atoms with van der Waals surface area (Å²) in [6, 6.07) is 8.19. The van der Waals surface area contributed by atoms with Gasteiger partial charge in [-0.05, 0) is 24.0 Å². The molecule has 1 aromatic carbocycles. The van der Waals surface area contributed by atoms with E-state index in [-0.39, 0.29) is 0 Å². The molecule has 1 heterocycles. The standard InChI is InChI=1S/C10H11N3S3/c1-14-9-12-13-10(16-9)15-8-4-2-3-7(5-8)6-11/h2-5H,6,11H2,1H3. The van der Waals surface area contributed by atoms with Crippen LogP contribution in [-0.2, 0) is 6.54 Å². The molecular weight excluding hydrogens is 258 g/mol. The molecule has 2 rings (SSSR count). The monoisotopic (exact) mass is 269 g/mol. The first-order valence-electron chi connectivity index (χ1n) is 4.66. The molecule has 0 aliphatic heterocycles. The molecule has 1 aromatic heterocycles. The fourth-order valence-electron chi connectivity index (χ4n) is 1.16. The fourth-order valence-corrected chi connectivity index (χ4v) is 3.65. The van der Waals surface area contributed by atoms with E-state index in [1.54, 1.807) is 34.9 Å². The van der Waals surface area contributed by atoms with Crippen molar-refractivity contribution in [2.45, 2.75) is 20.1 Å². The van der Waals surface area contributed by atoms with E-state index in [2.05, 4.69) is 22.3 Å². The second-order valence-corrected chi connectivity index (χ2v) is 6.34. The van der Waals surface area contributed by atoms with Crippen LogP contribution < -0.4 is 5.73 Å². The molecule has 6 heteroatoms. The van der Waals surface area contributed by atoms with Gasteiger partial charge in [-0.1, -0.05) is 47.0 Å². The van der Waals surface area contributed by atoms with Crippen LogP contribution >= 0.6 is 34.9 Å². The minimum atomic E-state index is 0.570. The second-order valence-electron chi connectivity index (χ2n) is 2.99. The second kappa shape index (κ2) is 5.67. The first kappa shape index (κ1) is 11.9. The number of nitrogens with two attached hydrogens (primary N) is 1. The highest BCUT2D eigenvalue weighted by molar-refractivity contribution is 8.03. The minimum absolute atomic E-state index is 0.570. The van der Waals surface area contributed by atoms with Gasteiger partial charge in [-0.15, -0.1) is 10.2 Å². The molecule has 0 aliphatic carbocycles. The van der Waals surface area contributed by atoms with Crippen molar-refractivity contribution in [3.8, 4) is 0 Å². The maximum absolute atomic E-state index is 5.60. The topological polar surface area (TPSA) is 51.8 Å². The normalized spacial score (nSPS) is 10.6. The summed E-state index contributed by atoms with van der Waals surface area (Å²) in [5.74, 6) is 0. The summed E-state index contributed by atoms with van der Waals surface area (Å²) in [6.07, 6.45) is 2.00. The smallest absolute Gasteiger partial charge is 0.179 e. The van der Waals surface area contributed by atoms with Gasteiger partial charge in [0.1, 0.15) is 0 Å². The fraction of sp³-hybridized carbons (Fsp3) is 0.200. The molecule has 0 saturated heterocycles. The van der Waals surface area contributed by atoms with Gasteiger partial charge in [-0.25, -0.2) is 0 Å². The molecule has 84 valence electrons. The van der Waals surface area contributed by atoms with Crippen molar-refractivity contribution in [1.29, 1.82) is 0 Å². The molecule has 0 amide bonds. The van der Waals surface area contributed by atoms with Gasteiger partial charge >= 0.3 is 0 Å². The first-order valence-corrected chi connectivity index (χ1v) is 7.52. The number of aromatic nitrogens is 2. The summed E-state index contributed by atoms with van der Waals surface area (Å²) in [7, 11) is 0. The van der Waals surface area contributed by atoms with Crippen molar-refractivity contribution in [2.24, 2.45) is 5.73 Å². The number of nitrogens with zero attached hydrogens (tertiary/aromatic N) is 2. The van der Waals surface area contributed by atoms with Gasteiger partial charge in [-0.3, -0.25) is 0 Å². The number of thioether (sulfide) groups is 1. The molecule has 3 nitrogen and oxygen atoms in total. The Labute approximate surface area is 107 Å². The summed E-state index contributed by atoms with van der Waals surface area (Å²) in [6.45, 7) is 0.570. The quantitative estimate of drug-likeness (QED) is 0.865. The minimum Gasteiger partial charge on any atom is -0.326 e. The van der Waals surface area contributed by atoms with Crippen LogP contribution in [0.2, 0.25) is 0 Å². The highest BCUT2D eigenvalue weighted by Gasteiger charge is 2.05. The third-order valence-electron chi connectivity index (χ3n) is 1.90. The summed E-state index contributed by atoms with van der Waals surface area (Å²) < 4.78 is 1.97. The highest BCUT2D eigenvalue weighted by Crippen LogP contribution is 2.32. The van der Waals surface area contributed by atoms with Crippen molar-refractivity contribution < 1.29 is 0 Å². The number of benzene rings is 1. The van der Waals surface area contributed by atoms with Gasteiger partial charge in [-0.2, -0.15) is 0 Å². The molecule has 0 radical (unpaired) electrons. The van der Waals surface area contributed by atoms with Gasteiger partial charge in [0.15, 0.2) is 8.68 Å². The van der Waals surface area contributed by atoms with Crippen molar-refractivity contribution >= 4 is 34.9 Å². The molecule has 2 N–H and O–H groups in total. The zero-order valence-electron chi connectivity index (χ0n) is 8.71. The van der Waals surface area contributed by atoms with Crippen LogP contribution in [-0.4, -0.2) is 16.5 Å². The Morgan fingerprint density at radius 3 is 2.81 bits per heavy atom. The van der Waals surface area contributed by atoms with E-state index in [9.17, 15) is 0 Å². The number of rotatable bonds is 4. The number of hydrogen-bond donors (Lipinski definition) is 1. The third-order valence-corrected chi connectivity index (χ3v) is 4.84. The summed E-state index contributed by atoms with van der Waals surface area (Å²) >= 11 is 4.86. The van der Waals surface area contributed by atoms with E-state index < -0.39 is 0 Å². The van der Waals surface area contributed by atoms with Crippen LogP contribution in [0.3, 0.4) is 0 Å². The van der Waals surface area contributed by atoms with Crippen LogP contribution in [0.5, 0.6) is 0 Å². The van der Waals surface area contributed by atoms with Crippen molar-refractivity contribution in [1.82, 2.24) is 10.2 Å². The van der Waals surface area contributed by atoms with Crippen molar-refractivity contribution in [3.63, 3.8) is 0 Å². The third kappa shape index (κ3) is 2.98. The van der Waals surface area contributed by atoms with Crippen molar-refractivity contribution in [3.05, 3.63) is 29.8 Å². The molecule has 0 spiro atoms. The van der Waals surface area contributed by atoms with Gasteiger partial charge in [0.25, 0.3) is 0 Å². The van der Waals surface area contributed by atoms with Crippen molar-refractivity contribution in [2.75, 3.05) is 6.26 Å². The van der Waals surface area contributed by atoms with Crippen LogP contribution in [0, 0.1) is 0 Å². The predicted octanol–water partition coefficient (Wildman–Crippen LogP) is 2.87. The molecule has 0 aliphatic rings. The Hall–Kier alpha value is -0.560. The Balaban J connectivity index is 2.13. The average molecular weight is 269 g/mol. The molecule has 2 aromatic rings. The average Bonchev–Trinajstić information content (AvgIpc) is 2.77. The van der Waals surface area contributed by atoms with E-state index in [0.29, 0.717) is 6.54 Å². The molecule has 0 fully saturated rings. The SMILES string of the molecule is CSc1nnc(Sc2cccc(CN)c2)s1. The lowest BCUT2D eigenvalue weighted by Crippen LogP contribution is -1.95. The van der Waals surface area contributed by atoms with Gasteiger partial charge < -0.3 is 5.73 Å². The lowest BCUT2D eigenvalue weighted by molar-refractivity contribution is 0.955. The summed E-state index contributed by atoms with van der Waals surface area (Å²) in [5.41, 5.74) is 6.74. The molecule has 0 unspecified atom stereocenters. The maximum atomic E-state index is 5.60. The highest BCUT2D eigenvalue weighted by atomic mass is 32.2. The van der Waals surface area contributed by atoms with Gasteiger partial charge in [0.2, 0.25) is 0 Å². The van der Waals surface area contributed by atoms with Gasteiger partial charge in [0.05, 0.1) is 0 Å². The van der Waals surface area contributed by atoms with E-state index in [1.165, 1.54) is 0 Å². The number of hydrogen-bond acceptors (Lipinski definition) is 6. The lowest BCUT2D eigenvalue weighted by Gasteiger charge is -1.99. The lowest BCUT2D eigenvalue weighted by atomic mass is 10.2. The largest absolute Gasteiger partial charge is 0.326 e. The maximum Gasteiger partial charge on any atom is 0.179 e. The van der Waals surface area contributed by atoms with Crippen LogP contribution in [0.15, 0.2) is 37.8 Å². The Kier molecular flexibility index (Phi) is 4.22. The van der Waals surface area contributed by atoms with Crippen LogP contribution in [0.4, 0.5) is 0 Å². The molecule has 0 bridgehead atoms. The first-order chi connectivity index (χ1) is 7.81. The van der Waals surface area contributed by atoms with E-state index >= 15 is 0 Å². The Morgan fingerprint density at radius 2 is 2.12 bits per heavy atom.